The fourth-order valence-corrected chi connectivity index (χ4v) is 3.65. The summed E-state index contributed by atoms with van der Waals surface area (Å²) in [5.41, 5.74) is 2.34. The molecular formula is C22H21BrN2O2. The fraction of sp³-hybridized carbons (Fsp3) is 0.273. The number of oxazole rings is 1. The molecule has 0 aliphatic carbocycles. The number of carbonyl (C=O) groups excluding carboxylic acids is 1. The molecule has 1 amide bonds. The summed E-state index contributed by atoms with van der Waals surface area (Å²) in [4.78, 5) is 19.4. The second kappa shape index (κ2) is 7.69. The number of piperidine rings is 1. The van der Waals surface area contributed by atoms with Gasteiger partial charge in [-0.05, 0) is 43.0 Å². The normalized spacial score (nSPS) is 15.1. The molecule has 0 atom stereocenters. The van der Waals surface area contributed by atoms with Gasteiger partial charge in [0.25, 0.3) is 5.91 Å². The minimum atomic E-state index is 0.0564. The third-order valence-electron chi connectivity index (χ3n) is 5.09. The van der Waals surface area contributed by atoms with Crippen LogP contribution in [0.3, 0.4) is 0 Å². The Labute approximate surface area is 167 Å². The molecule has 0 spiro atoms. The van der Waals surface area contributed by atoms with E-state index in [2.05, 4.69) is 27.8 Å². The molecule has 1 aliphatic rings. The Kier molecular flexibility index (Phi) is 5.12. The van der Waals surface area contributed by atoms with Crippen molar-refractivity contribution in [3.8, 4) is 22.8 Å². The van der Waals surface area contributed by atoms with Crippen molar-refractivity contribution in [2.24, 2.45) is 5.92 Å². The number of nitrogens with zero attached hydrogens (tertiary/aromatic N) is 2. The summed E-state index contributed by atoms with van der Waals surface area (Å²) in [6, 6.07) is 15.4. The van der Waals surface area contributed by atoms with Crippen LogP contribution in [0.5, 0.6) is 0 Å². The fourth-order valence-electron chi connectivity index (χ4n) is 3.38. The van der Waals surface area contributed by atoms with Gasteiger partial charge in [0.15, 0.2) is 5.76 Å². The van der Waals surface area contributed by atoms with Crippen LogP contribution in [0, 0.1) is 5.92 Å². The lowest BCUT2D eigenvalue weighted by atomic mass is 9.98. The number of hydrogen-bond donors (Lipinski definition) is 0. The van der Waals surface area contributed by atoms with Crippen LogP contribution in [-0.4, -0.2) is 28.9 Å². The van der Waals surface area contributed by atoms with Gasteiger partial charge in [-0.2, -0.15) is 0 Å². The van der Waals surface area contributed by atoms with E-state index in [9.17, 15) is 4.79 Å². The molecule has 138 valence electrons. The van der Waals surface area contributed by atoms with E-state index in [0.29, 0.717) is 23.1 Å². The first kappa shape index (κ1) is 18.0. The van der Waals surface area contributed by atoms with E-state index in [-0.39, 0.29) is 5.91 Å². The van der Waals surface area contributed by atoms with Crippen LogP contribution in [-0.2, 0) is 0 Å². The van der Waals surface area contributed by atoms with Crippen LogP contribution in [0.25, 0.3) is 22.8 Å². The highest BCUT2D eigenvalue weighted by molar-refractivity contribution is 9.10. The summed E-state index contributed by atoms with van der Waals surface area (Å²) >= 11 is 3.44. The van der Waals surface area contributed by atoms with Gasteiger partial charge in [0.2, 0.25) is 5.89 Å². The van der Waals surface area contributed by atoms with Crippen molar-refractivity contribution in [1.29, 1.82) is 0 Å². The van der Waals surface area contributed by atoms with Crippen molar-refractivity contribution in [2.45, 2.75) is 19.8 Å². The zero-order chi connectivity index (χ0) is 18.8. The second-order valence-corrected chi connectivity index (χ2v) is 7.97. The number of benzene rings is 2. The first-order chi connectivity index (χ1) is 13.1. The van der Waals surface area contributed by atoms with Gasteiger partial charge in [-0.25, -0.2) is 4.98 Å². The van der Waals surface area contributed by atoms with Crippen molar-refractivity contribution in [2.75, 3.05) is 13.1 Å². The van der Waals surface area contributed by atoms with Gasteiger partial charge in [-0.1, -0.05) is 47.1 Å². The van der Waals surface area contributed by atoms with Crippen molar-refractivity contribution < 1.29 is 9.21 Å². The molecule has 1 fully saturated rings. The maximum atomic E-state index is 13.1. The SMILES string of the molecule is CC1CCN(C(=O)c2ccccc2-c2ncc(-c3ccc(Br)cc3)o2)CC1. The van der Waals surface area contributed by atoms with E-state index >= 15 is 0 Å². The third-order valence-corrected chi connectivity index (χ3v) is 5.62. The Morgan fingerprint density at radius 2 is 1.81 bits per heavy atom. The van der Waals surface area contributed by atoms with Gasteiger partial charge in [0, 0.05) is 28.7 Å². The predicted octanol–water partition coefficient (Wildman–Crippen LogP) is 5.64. The first-order valence-electron chi connectivity index (χ1n) is 9.22. The van der Waals surface area contributed by atoms with E-state index in [0.717, 1.165) is 41.5 Å². The van der Waals surface area contributed by atoms with E-state index in [4.69, 9.17) is 4.42 Å². The molecule has 2 aromatic carbocycles. The standard InChI is InChI=1S/C22H21BrN2O2/c1-15-10-12-25(13-11-15)22(26)19-5-3-2-4-18(19)21-24-14-20(27-21)16-6-8-17(23)9-7-16/h2-9,14-15H,10-13H2,1H3. The molecule has 2 heterocycles. The Hall–Kier alpha value is -2.40. The average molecular weight is 425 g/mol. The molecule has 4 rings (SSSR count). The smallest absolute Gasteiger partial charge is 0.254 e. The van der Waals surface area contributed by atoms with Gasteiger partial charge in [-0.15, -0.1) is 0 Å². The molecule has 1 saturated heterocycles. The number of likely N-dealkylation sites (tertiary alicyclic amines) is 1. The number of carbonyl (C=O) groups is 1. The van der Waals surface area contributed by atoms with Crippen molar-refractivity contribution >= 4 is 21.8 Å². The number of amides is 1. The van der Waals surface area contributed by atoms with E-state index in [1.54, 1.807) is 6.20 Å². The number of aromatic nitrogens is 1. The van der Waals surface area contributed by atoms with E-state index in [1.165, 1.54) is 0 Å². The summed E-state index contributed by atoms with van der Waals surface area (Å²) < 4.78 is 7.01. The van der Waals surface area contributed by atoms with Crippen molar-refractivity contribution in [3.05, 3.63) is 64.8 Å². The highest BCUT2D eigenvalue weighted by atomic mass is 79.9. The number of hydrogen-bond acceptors (Lipinski definition) is 3. The molecule has 1 aromatic heterocycles. The van der Waals surface area contributed by atoms with Crippen LogP contribution >= 0.6 is 15.9 Å². The van der Waals surface area contributed by atoms with Gasteiger partial charge in [0.05, 0.1) is 11.8 Å². The van der Waals surface area contributed by atoms with E-state index < -0.39 is 0 Å². The summed E-state index contributed by atoms with van der Waals surface area (Å²) in [6.07, 6.45) is 3.82. The molecule has 0 bridgehead atoms. The van der Waals surface area contributed by atoms with E-state index in [1.807, 2.05) is 53.4 Å². The van der Waals surface area contributed by atoms with Gasteiger partial charge >= 0.3 is 0 Å². The number of rotatable bonds is 3. The van der Waals surface area contributed by atoms with Crippen LogP contribution in [0.2, 0.25) is 0 Å². The average Bonchev–Trinajstić information content (AvgIpc) is 3.19. The van der Waals surface area contributed by atoms with Crippen molar-refractivity contribution in [1.82, 2.24) is 9.88 Å². The molecule has 3 aromatic rings. The van der Waals surface area contributed by atoms with Crippen LogP contribution in [0.4, 0.5) is 0 Å². The molecule has 4 nitrogen and oxygen atoms in total. The maximum Gasteiger partial charge on any atom is 0.254 e. The quantitative estimate of drug-likeness (QED) is 0.545. The zero-order valence-electron chi connectivity index (χ0n) is 15.2. The molecule has 27 heavy (non-hydrogen) atoms. The molecule has 1 aliphatic heterocycles. The van der Waals surface area contributed by atoms with Gasteiger partial charge < -0.3 is 9.32 Å². The second-order valence-electron chi connectivity index (χ2n) is 7.06. The highest BCUT2D eigenvalue weighted by Crippen LogP contribution is 2.30. The summed E-state index contributed by atoms with van der Waals surface area (Å²) in [7, 11) is 0. The third kappa shape index (κ3) is 3.83. The summed E-state index contributed by atoms with van der Waals surface area (Å²) in [5.74, 6) is 1.90. The molecule has 5 heteroatoms. The monoisotopic (exact) mass is 424 g/mol. The zero-order valence-corrected chi connectivity index (χ0v) is 16.8. The van der Waals surface area contributed by atoms with Crippen LogP contribution < -0.4 is 0 Å². The van der Waals surface area contributed by atoms with Gasteiger partial charge in [0.1, 0.15) is 0 Å². The Morgan fingerprint density at radius 1 is 1.11 bits per heavy atom. The van der Waals surface area contributed by atoms with Gasteiger partial charge in [-0.3, -0.25) is 4.79 Å². The molecule has 0 radical (unpaired) electrons. The topological polar surface area (TPSA) is 46.3 Å². The van der Waals surface area contributed by atoms with Crippen molar-refractivity contribution in [3.63, 3.8) is 0 Å². The minimum Gasteiger partial charge on any atom is -0.436 e. The molecule has 0 unspecified atom stereocenters. The summed E-state index contributed by atoms with van der Waals surface area (Å²) in [5, 5.41) is 0. The Balaban J connectivity index is 1.63. The summed E-state index contributed by atoms with van der Waals surface area (Å²) in [6.45, 7) is 3.86. The Morgan fingerprint density at radius 3 is 2.56 bits per heavy atom. The Bertz CT molecular complexity index is 941. The number of halogens is 1. The molecule has 0 saturated carbocycles. The van der Waals surface area contributed by atoms with Crippen LogP contribution in [0.15, 0.2) is 63.6 Å². The van der Waals surface area contributed by atoms with Crippen LogP contribution in [0.1, 0.15) is 30.1 Å². The first-order valence-corrected chi connectivity index (χ1v) is 10.0. The molecular weight excluding hydrogens is 404 g/mol. The highest BCUT2D eigenvalue weighted by Gasteiger charge is 2.24. The lowest BCUT2D eigenvalue weighted by molar-refractivity contribution is 0.0698. The molecule has 0 N–H and O–H groups in total. The predicted molar refractivity (Wildman–Crippen MR) is 109 cm³/mol. The lowest BCUT2D eigenvalue weighted by Crippen LogP contribution is -2.38. The lowest BCUT2D eigenvalue weighted by Gasteiger charge is -2.30. The maximum absolute atomic E-state index is 13.1. The largest absolute Gasteiger partial charge is 0.436 e. The minimum absolute atomic E-state index is 0.0564.